The van der Waals surface area contributed by atoms with E-state index in [1.807, 2.05) is 6.07 Å². The number of halogens is 1. The van der Waals surface area contributed by atoms with E-state index >= 15 is 0 Å². The molecule has 4 N–H and O–H groups in total. The fourth-order valence-corrected chi connectivity index (χ4v) is 5.41. The highest BCUT2D eigenvalue weighted by Gasteiger charge is 2.48. The van der Waals surface area contributed by atoms with Crippen molar-refractivity contribution in [2.75, 3.05) is 11.9 Å². The molecule has 2 aromatic heterocycles. The molecule has 2 saturated heterocycles. The van der Waals surface area contributed by atoms with Crippen molar-refractivity contribution in [3.8, 4) is 28.1 Å². The third kappa shape index (κ3) is 3.87. The third-order valence-electron chi connectivity index (χ3n) is 6.72. The Kier molecular flexibility index (Phi) is 4.69. The Labute approximate surface area is 180 Å². The maximum atomic E-state index is 14.6. The van der Waals surface area contributed by atoms with E-state index in [-0.39, 0.29) is 22.4 Å². The molecule has 3 aromatic rings. The van der Waals surface area contributed by atoms with Crippen molar-refractivity contribution in [1.29, 1.82) is 0 Å². The summed E-state index contributed by atoms with van der Waals surface area (Å²) < 4.78 is 14.6. The van der Waals surface area contributed by atoms with Crippen LogP contribution in [0.2, 0.25) is 0 Å². The zero-order chi connectivity index (χ0) is 21.6. The molecule has 0 aliphatic carbocycles. The van der Waals surface area contributed by atoms with Crippen molar-refractivity contribution in [1.82, 2.24) is 25.7 Å². The highest BCUT2D eigenvalue weighted by molar-refractivity contribution is 5.74. The molecule has 5 rings (SSSR count). The summed E-state index contributed by atoms with van der Waals surface area (Å²) in [5.74, 6) is 0.744. The molecule has 31 heavy (non-hydrogen) atoms. The lowest BCUT2D eigenvalue weighted by Gasteiger charge is -2.42. The van der Waals surface area contributed by atoms with E-state index in [0.29, 0.717) is 28.6 Å². The normalized spacial score (nSPS) is 27.4. The maximum Gasteiger partial charge on any atom is 0.148 e. The molecule has 0 amide bonds. The number of phenols is 1. The van der Waals surface area contributed by atoms with Crippen LogP contribution in [0.15, 0.2) is 36.7 Å². The van der Waals surface area contributed by atoms with Crippen LogP contribution in [0.5, 0.6) is 5.75 Å². The van der Waals surface area contributed by atoms with Crippen molar-refractivity contribution >= 4 is 5.82 Å². The average molecular weight is 423 g/mol. The number of hydrogen-bond donors (Lipinski definition) is 4. The van der Waals surface area contributed by atoms with Gasteiger partial charge in [0.05, 0.1) is 11.9 Å². The number of anilines is 1. The first-order chi connectivity index (χ1) is 14.8. The molecule has 0 saturated carbocycles. The fraction of sp³-hybridized carbons (Fsp3) is 0.435. The van der Waals surface area contributed by atoms with Gasteiger partial charge in [-0.3, -0.25) is 5.10 Å². The molecule has 4 heterocycles. The topological polar surface area (TPSA) is 98.8 Å². The Morgan fingerprint density at radius 2 is 1.90 bits per heavy atom. The van der Waals surface area contributed by atoms with Gasteiger partial charge < -0.3 is 15.7 Å². The van der Waals surface area contributed by atoms with Gasteiger partial charge in [0.25, 0.3) is 0 Å². The highest BCUT2D eigenvalue weighted by Crippen LogP contribution is 2.44. The summed E-state index contributed by atoms with van der Waals surface area (Å²) in [6, 6.07) is 6.23. The fourth-order valence-electron chi connectivity index (χ4n) is 5.41. The second kappa shape index (κ2) is 7.30. The third-order valence-corrected chi connectivity index (χ3v) is 6.72. The van der Waals surface area contributed by atoms with Crippen LogP contribution in [0.25, 0.3) is 22.4 Å². The standard InChI is InChI=1S/C23H27FN6O/c1-22-5-6-23(2,30-22)10-14(9-22)11-25-21-4-3-19(28-29-21)17-7-18(24)16(8-20(17)31)15-12-26-27-13-15/h3-4,7-8,12-14,30-31H,5-6,9-11H2,1-2H3,(H,25,29)(H,26,27). The van der Waals surface area contributed by atoms with Crippen LogP contribution in [0.4, 0.5) is 10.2 Å². The van der Waals surface area contributed by atoms with E-state index in [4.69, 9.17) is 0 Å². The van der Waals surface area contributed by atoms with Crippen molar-refractivity contribution in [2.24, 2.45) is 5.92 Å². The summed E-state index contributed by atoms with van der Waals surface area (Å²) >= 11 is 0. The van der Waals surface area contributed by atoms with Gasteiger partial charge in [0.15, 0.2) is 0 Å². The number of aromatic nitrogens is 4. The smallest absolute Gasteiger partial charge is 0.148 e. The molecular weight excluding hydrogens is 395 g/mol. The van der Waals surface area contributed by atoms with Crippen molar-refractivity contribution in [2.45, 2.75) is 50.6 Å². The first-order valence-corrected chi connectivity index (χ1v) is 10.7. The molecule has 8 heteroatoms. The van der Waals surface area contributed by atoms with E-state index in [9.17, 15) is 9.50 Å². The van der Waals surface area contributed by atoms with E-state index in [0.717, 1.165) is 19.4 Å². The number of nitrogens with zero attached hydrogens (tertiary/aromatic N) is 3. The van der Waals surface area contributed by atoms with Crippen molar-refractivity contribution < 1.29 is 9.50 Å². The molecule has 1 aromatic carbocycles. The van der Waals surface area contributed by atoms with Crippen LogP contribution in [0.1, 0.15) is 39.5 Å². The Bertz CT molecular complexity index is 1070. The summed E-state index contributed by atoms with van der Waals surface area (Å²) in [6.07, 6.45) is 7.84. The SMILES string of the molecule is CC12CCC(C)(CC(CNc3ccc(-c4cc(F)c(-c5cn[nH]c5)cc4O)nn3)C1)N2. The number of rotatable bonds is 5. The maximum absolute atomic E-state index is 14.6. The number of H-pyrrole nitrogens is 1. The molecule has 2 bridgehead atoms. The Balaban J connectivity index is 1.28. The molecule has 0 spiro atoms. The molecule has 2 fully saturated rings. The Morgan fingerprint density at radius 1 is 1.13 bits per heavy atom. The largest absolute Gasteiger partial charge is 0.507 e. The van der Waals surface area contributed by atoms with Gasteiger partial charge in [-0.2, -0.15) is 5.10 Å². The molecule has 7 nitrogen and oxygen atoms in total. The molecule has 2 aliphatic rings. The molecule has 2 aliphatic heterocycles. The van der Waals surface area contributed by atoms with Crippen LogP contribution >= 0.6 is 0 Å². The van der Waals surface area contributed by atoms with Crippen molar-refractivity contribution in [3.63, 3.8) is 0 Å². The number of aromatic hydroxyl groups is 1. The van der Waals surface area contributed by atoms with Gasteiger partial charge in [-0.25, -0.2) is 4.39 Å². The van der Waals surface area contributed by atoms with Gasteiger partial charge in [-0.1, -0.05) is 0 Å². The predicted octanol–water partition coefficient (Wildman–Crippen LogP) is 4.10. The first-order valence-electron chi connectivity index (χ1n) is 10.7. The van der Waals surface area contributed by atoms with E-state index in [1.54, 1.807) is 12.3 Å². The molecule has 0 radical (unpaired) electrons. The molecule has 162 valence electrons. The predicted molar refractivity (Wildman–Crippen MR) is 117 cm³/mol. The van der Waals surface area contributed by atoms with Gasteiger partial charge >= 0.3 is 0 Å². The van der Waals surface area contributed by atoms with Crippen molar-refractivity contribution in [3.05, 3.63) is 42.5 Å². The lowest BCUT2D eigenvalue weighted by molar-refractivity contribution is 0.178. The highest BCUT2D eigenvalue weighted by atomic mass is 19.1. The zero-order valence-electron chi connectivity index (χ0n) is 17.7. The average Bonchev–Trinajstić information content (AvgIpc) is 3.34. The minimum atomic E-state index is -0.458. The van der Waals surface area contributed by atoms with Crippen LogP contribution in [-0.2, 0) is 0 Å². The van der Waals surface area contributed by atoms with Crippen LogP contribution < -0.4 is 10.6 Å². The summed E-state index contributed by atoms with van der Waals surface area (Å²) in [4.78, 5) is 0. The number of aromatic amines is 1. The molecule has 2 atom stereocenters. The Morgan fingerprint density at radius 3 is 2.55 bits per heavy atom. The lowest BCUT2D eigenvalue weighted by atomic mass is 9.80. The number of hydrogen-bond acceptors (Lipinski definition) is 6. The molecular formula is C23H27FN6O. The van der Waals surface area contributed by atoms with Gasteiger partial charge in [0.1, 0.15) is 17.4 Å². The van der Waals surface area contributed by atoms with Crippen LogP contribution in [0.3, 0.4) is 0 Å². The number of fused-ring (bicyclic) bond motifs is 2. The number of piperidine rings is 1. The summed E-state index contributed by atoms with van der Waals surface area (Å²) in [5, 5.41) is 32.6. The van der Waals surface area contributed by atoms with Gasteiger partial charge in [-0.15, -0.1) is 10.2 Å². The quantitative estimate of drug-likeness (QED) is 0.494. The molecule has 2 unspecified atom stereocenters. The van der Waals surface area contributed by atoms with Gasteiger partial charge in [0, 0.05) is 40.5 Å². The number of benzene rings is 1. The summed E-state index contributed by atoms with van der Waals surface area (Å²) in [5.41, 5.74) is 2.04. The van der Waals surface area contributed by atoms with E-state index in [1.165, 1.54) is 31.2 Å². The zero-order valence-corrected chi connectivity index (χ0v) is 17.7. The second-order valence-corrected chi connectivity index (χ2v) is 9.54. The lowest BCUT2D eigenvalue weighted by Crippen LogP contribution is -2.54. The minimum Gasteiger partial charge on any atom is -0.507 e. The van der Waals surface area contributed by atoms with Crippen LogP contribution in [0, 0.1) is 11.7 Å². The number of nitrogens with one attached hydrogen (secondary N) is 3. The number of phenolic OH excluding ortho intramolecular Hbond substituents is 1. The summed E-state index contributed by atoms with van der Waals surface area (Å²) in [7, 11) is 0. The monoisotopic (exact) mass is 422 g/mol. The van der Waals surface area contributed by atoms with Crippen LogP contribution in [-0.4, -0.2) is 43.1 Å². The second-order valence-electron chi connectivity index (χ2n) is 9.54. The van der Waals surface area contributed by atoms with Gasteiger partial charge in [-0.05, 0) is 69.7 Å². The summed E-state index contributed by atoms with van der Waals surface area (Å²) in [6.45, 7) is 5.49. The van der Waals surface area contributed by atoms with E-state index < -0.39 is 5.82 Å². The Hall–Kier alpha value is -3.00. The minimum absolute atomic E-state index is 0.0562. The van der Waals surface area contributed by atoms with E-state index in [2.05, 4.69) is 44.9 Å². The van der Waals surface area contributed by atoms with Gasteiger partial charge in [0.2, 0.25) is 0 Å². The first kappa shape index (κ1) is 19.9.